The zero-order chi connectivity index (χ0) is 21.1. The number of benzene rings is 2. The minimum atomic E-state index is -4.57. The van der Waals surface area contributed by atoms with Crippen LogP contribution in [0.4, 0.5) is 18.9 Å². The molecule has 8 heteroatoms. The fraction of sp³-hybridized carbons (Fsp3) is 0.273. The van der Waals surface area contributed by atoms with Crippen LogP contribution in [-0.2, 0) is 23.8 Å². The largest absolute Gasteiger partial charge is 0.484 e. The van der Waals surface area contributed by atoms with Crippen molar-refractivity contribution in [2.45, 2.75) is 31.9 Å². The van der Waals surface area contributed by atoms with Crippen LogP contribution >= 0.6 is 0 Å². The second kappa shape index (κ2) is 8.22. The highest BCUT2D eigenvalue weighted by Gasteiger charge is 2.32. The van der Waals surface area contributed by atoms with Crippen LogP contribution in [-0.4, -0.2) is 17.7 Å². The van der Waals surface area contributed by atoms with Crippen molar-refractivity contribution < 1.29 is 27.2 Å². The predicted molar refractivity (Wildman–Crippen MR) is 104 cm³/mol. The molecule has 1 aromatic heterocycles. The molecule has 4 rings (SSSR count). The molecule has 1 heterocycles. The second-order valence-electron chi connectivity index (χ2n) is 7.09. The molecule has 0 aliphatic heterocycles. The third kappa shape index (κ3) is 4.48. The first-order valence-corrected chi connectivity index (χ1v) is 9.58. The second-order valence-corrected chi connectivity index (χ2v) is 7.09. The number of nitrogens with zero attached hydrogens (tertiary/aromatic N) is 1. The molecule has 3 aromatic rings. The van der Waals surface area contributed by atoms with Gasteiger partial charge in [-0.05, 0) is 56.0 Å². The van der Waals surface area contributed by atoms with E-state index < -0.39 is 17.6 Å². The molecule has 5 nitrogen and oxygen atoms in total. The molecular formula is C22H19F3N2O3. The maximum absolute atomic E-state index is 13.5. The highest BCUT2D eigenvalue weighted by Crippen LogP contribution is 2.38. The van der Waals surface area contributed by atoms with E-state index in [-0.39, 0.29) is 17.9 Å². The molecule has 1 aliphatic rings. The Balaban J connectivity index is 1.59. The summed E-state index contributed by atoms with van der Waals surface area (Å²) in [5.41, 5.74) is 1.00. The van der Waals surface area contributed by atoms with Gasteiger partial charge in [0.2, 0.25) is 0 Å². The number of amides is 1. The summed E-state index contributed by atoms with van der Waals surface area (Å²) >= 11 is 0. The predicted octanol–water partition coefficient (Wildman–Crippen LogP) is 5.26. The molecule has 1 N–H and O–H groups in total. The maximum atomic E-state index is 13.5. The topological polar surface area (TPSA) is 64.4 Å². The number of hydrogen-bond acceptors (Lipinski definition) is 4. The molecule has 0 spiro atoms. The molecule has 30 heavy (non-hydrogen) atoms. The number of aryl methyl sites for hydroxylation is 1. The molecule has 1 aliphatic carbocycles. The van der Waals surface area contributed by atoms with Gasteiger partial charge in [-0.15, -0.1) is 0 Å². The average molecular weight is 416 g/mol. The van der Waals surface area contributed by atoms with Crippen LogP contribution < -0.4 is 10.1 Å². The van der Waals surface area contributed by atoms with Gasteiger partial charge in [0, 0.05) is 16.8 Å². The zero-order valence-corrected chi connectivity index (χ0v) is 16.0. The number of rotatable bonds is 5. The van der Waals surface area contributed by atoms with Gasteiger partial charge in [0.25, 0.3) is 5.91 Å². The number of para-hydroxylation sites is 1. The summed E-state index contributed by atoms with van der Waals surface area (Å²) in [5.74, 6) is 0.251. The lowest BCUT2D eigenvalue weighted by Crippen LogP contribution is -2.20. The average Bonchev–Trinajstić information content (AvgIpc) is 3.16. The number of hydrogen-bond donors (Lipinski definition) is 1. The number of ether oxygens (including phenoxy) is 1. The smallest absolute Gasteiger partial charge is 0.416 e. The van der Waals surface area contributed by atoms with Crippen LogP contribution in [0.15, 0.2) is 53.1 Å². The van der Waals surface area contributed by atoms with Crippen LogP contribution in [0.3, 0.4) is 0 Å². The van der Waals surface area contributed by atoms with Gasteiger partial charge in [0.1, 0.15) is 5.75 Å². The first kappa shape index (κ1) is 20.0. The molecular weight excluding hydrogens is 397 g/mol. The van der Waals surface area contributed by atoms with E-state index in [9.17, 15) is 18.0 Å². The Labute approximate surface area is 170 Å². The number of carbonyl (C=O) groups excluding carboxylic acids is 1. The Hall–Kier alpha value is -3.29. The normalized spacial score (nSPS) is 13.6. The van der Waals surface area contributed by atoms with Crippen molar-refractivity contribution >= 4 is 11.6 Å². The number of anilines is 1. The van der Waals surface area contributed by atoms with Crippen LogP contribution in [0.1, 0.15) is 29.7 Å². The van der Waals surface area contributed by atoms with Crippen LogP contribution in [0.2, 0.25) is 0 Å². The minimum absolute atomic E-state index is 0.0162. The molecule has 0 saturated carbocycles. The zero-order valence-electron chi connectivity index (χ0n) is 16.0. The van der Waals surface area contributed by atoms with Crippen LogP contribution in [0, 0.1) is 0 Å². The quantitative estimate of drug-likeness (QED) is 0.617. The van der Waals surface area contributed by atoms with Gasteiger partial charge in [-0.25, -0.2) is 0 Å². The Morgan fingerprint density at radius 1 is 1.10 bits per heavy atom. The third-order valence-electron chi connectivity index (χ3n) is 4.88. The fourth-order valence-corrected chi connectivity index (χ4v) is 3.47. The van der Waals surface area contributed by atoms with E-state index in [1.165, 1.54) is 6.07 Å². The summed E-state index contributed by atoms with van der Waals surface area (Å²) in [6.45, 7) is -0.326. The van der Waals surface area contributed by atoms with Crippen LogP contribution in [0.25, 0.3) is 11.3 Å². The SMILES string of the molecule is O=C(COc1ccccc1)Nc1cc(-c2onc3c2CCCC3)cc(C(F)(F)F)c1. The summed E-state index contributed by atoms with van der Waals surface area (Å²) in [5, 5.41) is 6.50. The Morgan fingerprint density at radius 2 is 1.87 bits per heavy atom. The van der Waals surface area contributed by atoms with Crippen molar-refractivity contribution in [1.82, 2.24) is 5.16 Å². The molecule has 0 saturated heterocycles. The lowest BCUT2D eigenvalue weighted by Gasteiger charge is -2.14. The highest BCUT2D eigenvalue weighted by molar-refractivity contribution is 5.92. The monoisotopic (exact) mass is 416 g/mol. The number of fused-ring (bicyclic) bond motifs is 1. The van der Waals surface area contributed by atoms with Crippen molar-refractivity contribution in [3.05, 3.63) is 65.4 Å². The van der Waals surface area contributed by atoms with Gasteiger partial charge >= 0.3 is 6.18 Å². The Bertz CT molecular complexity index is 1050. The van der Waals surface area contributed by atoms with Crippen molar-refractivity contribution in [3.63, 3.8) is 0 Å². The van der Waals surface area contributed by atoms with Gasteiger partial charge in [-0.2, -0.15) is 13.2 Å². The molecule has 1 amide bonds. The highest BCUT2D eigenvalue weighted by atomic mass is 19.4. The standard InChI is InChI=1S/C22H19F3N2O3/c23-22(24,25)15-10-14(21-18-8-4-5-9-19(18)27-30-21)11-16(12-15)26-20(28)13-29-17-6-2-1-3-7-17/h1-3,6-7,10-12H,4-5,8-9,13H2,(H,26,28). The lowest BCUT2D eigenvalue weighted by atomic mass is 9.93. The summed E-state index contributed by atoms with van der Waals surface area (Å²) < 4.78 is 51.1. The molecule has 0 radical (unpaired) electrons. The number of nitrogens with one attached hydrogen (secondary N) is 1. The number of carbonyl (C=O) groups is 1. The van der Waals surface area contributed by atoms with Gasteiger partial charge in [-0.1, -0.05) is 23.4 Å². The van der Waals surface area contributed by atoms with Gasteiger partial charge in [0.05, 0.1) is 11.3 Å². The lowest BCUT2D eigenvalue weighted by molar-refractivity contribution is -0.137. The third-order valence-corrected chi connectivity index (χ3v) is 4.88. The molecule has 0 bridgehead atoms. The molecule has 0 unspecified atom stereocenters. The van der Waals surface area contributed by atoms with Crippen molar-refractivity contribution in [3.8, 4) is 17.1 Å². The van der Waals surface area contributed by atoms with E-state index in [1.54, 1.807) is 30.3 Å². The Kier molecular flexibility index (Phi) is 5.48. The summed E-state index contributed by atoms with van der Waals surface area (Å²) in [7, 11) is 0. The van der Waals surface area contributed by atoms with Gasteiger partial charge in [0.15, 0.2) is 12.4 Å². The van der Waals surface area contributed by atoms with E-state index in [1.807, 2.05) is 0 Å². The molecule has 2 aromatic carbocycles. The van der Waals surface area contributed by atoms with Crippen molar-refractivity contribution in [2.75, 3.05) is 11.9 Å². The molecule has 0 fully saturated rings. The van der Waals surface area contributed by atoms with E-state index in [0.717, 1.165) is 42.7 Å². The van der Waals surface area contributed by atoms with Crippen molar-refractivity contribution in [2.24, 2.45) is 0 Å². The Morgan fingerprint density at radius 3 is 2.63 bits per heavy atom. The minimum Gasteiger partial charge on any atom is -0.484 e. The van der Waals surface area contributed by atoms with Gasteiger partial charge < -0.3 is 14.6 Å². The van der Waals surface area contributed by atoms with E-state index in [4.69, 9.17) is 9.26 Å². The molecule has 0 atom stereocenters. The first-order valence-electron chi connectivity index (χ1n) is 9.58. The number of alkyl halides is 3. The van der Waals surface area contributed by atoms with E-state index >= 15 is 0 Å². The van der Waals surface area contributed by atoms with E-state index in [2.05, 4.69) is 10.5 Å². The van der Waals surface area contributed by atoms with Crippen molar-refractivity contribution in [1.29, 1.82) is 0 Å². The number of aromatic nitrogens is 1. The molecule has 156 valence electrons. The van der Waals surface area contributed by atoms with Crippen LogP contribution in [0.5, 0.6) is 5.75 Å². The first-order chi connectivity index (χ1) is 14.4. The van der Waals surface area contributed by atoms with Gasteiger partial charge in [-0.3, -0.25) is 4.79 Å². The fourth-order valence-electron chi connectivity index (χ4n) is 3.47. The summed E-state index contributed by atoms with van der Waals surface area (Å²) in [6, 6.07) is 12.1. The summed E-state index contributed by atoms with van der Waals surface area (Å²) in [4.78, 5) is 12.2. The summed E-state index contributed by atoms with van der Waals surface area (Å²) in [6.07, 6.45) is -1.21. The van der Waals surface area contributed by atoms with E-state index in [0.29, 0.717) is 17.9 Å². The number of halogens is 3. The maximum Gasteiger partial charge on any atom is 0.416 e.